The molecule has 0 heterocycles. The lowest BCUT2D eigenvalue weighted by molar-refractivity contribution is 0.0873. The van der Waals surface area contributed by atoms with Crippen LogP contribution in [0.2, 0.25) is 0 Å². The first-order valence-corrected chi connectivity index (χ1v) is 5.33. The zero-order valence-corrected chi connectivity index (χ0v) is 10.4. The second kappa shape index (κ2) is 6.69. The molecule has 0 saturated carbocycles. The summed E-state index contributed by atoms with van der Waals surface area (Å²) in [6, 6.07) is 0. The number of rotatable bonds is 6. The van der Waals surface area contributed by atoms with Crippen molar-refractivity contribution in [2.24, 2.45) is 0 Å². The van der Waals surface area contributed by atoms with Crippen LogP contribution < -0.4 is 0 Å². The van der Waals surface area contributed by atoms with Gasteiger partial charge in [0.2, 0.25) is 0 Å². The third-order valence-corrected chi connectivity index (χ3v) is 2.01. The smallest absolute Gasteiger partial charge is 0.0991 e. The maximum absolute atomic E-state index is 9.39. The molecule has 0 aromatic rings. The van der Waals surface area contributed by atoms with Gasteiger partial charge in [-0.25, -0.2) is 0 Å². The predicted molar refractivity (Wildman–Crippen MR) is 62.4 cm³/mol. The van der Waals surface area contributed by atoms with Gasteiger partial charge in [-0.1, -0.05) is 0 Å². The summed E-state index contributed by atoms with van der Waals surface area (Å²) in [7, 11) is 3.90. The minimum atomic E-state index is -0.404. The molecular formula is C11H24N2O2. The number of hydrogen-bond acceptors (Lipinski definition) is 4. The van der Waals surface area contributed by atoms with Gasteiger partial charge < -0.3 is 20.0 Å². The van der Waals surface area contributed by atoms with Crippen molar-refractivity contribution >= 4 is 0 Å². The van der Waals surface area contributed by atoms with Crippen LogP contribution in [0, 0.1) is 0 Å². The lowest BCUT2D eigenvalue weighted by Crippen LogP contribution is -2.39. The van der Waals surface area contributed by atoms with E-state index in [2.05, 4.69) is 0 Å². The third-order valence-electron chi connectivity index (χ3n) is 2.01. The van der Waals surface area contributed by atoms with E-state index >= 15 is 0 Å². The Labute approximate surface area is 92.8 Å². The van der Waals surface area contributed by atoms with Crippen LogP contribution in [-0.2, 0) is 0 Å². The van der Waals surface area contributed by atoms with E-state index in [1.165, 1.54) is 0 Å². The summed E-state index contributed by atoms with van der Waals surface area (Å²) >= 11 is 0. The highest BCUT2D eigenvalue weighted by atomic mass is 16.3. The van der Waals surface area contributed by atoms with Gasteiger partial charge >= 0.3 is 0 Å². The van der Waals surface area contributed by atoms with Crippen molar-refractivity contribution in [1.29, 1.82) is 0 Å². The van der Waals surface area contributed by atoms with Crippen LogP contribution >= 0.6 is 0 Å². The van der Waals surface area contributed by atoms with Crippen LogP contribution in [0.5, 0.6) is 0 Å². The first-order chi connectivity index (χ1) is 6.88. The minimum Gasteiger partial charge on any atom is -0.392 e. The molecule has 0 bridgehead atoms. The Kier molecular flexibility index (Phi) is 6.36. The molecule has 90 valence electrons. The largest absolute Gasteiger partial charge is 0.392 e. The molecule has 0 aromatic heterocycles. The van der Waals surface area contributed by atoms with Gasteiger partial charge in [-0.15, -0.1) is 0 Å². The SMILES string of the molecule is CC=C(N(C)C)N(CC(C)O)CC(C)O. The van der Waals surface area contributed by atoms with Crippen molar-refractivity contribution in [3.8, 4) is 0 Å². The highest BCUT2D eigenvalue weighted by Crippen LogP contribution is 2.09. The molecule has 15 heavy (non-hydrogen) atoms. The van der Waals surface area contributed by atoms with Crippen LogP contribution in [-0.4, -0.2) is 59.4 Å². The average Bonchev–Trinajstić information content (AvgIpc) is 2.01. The Morgan fingerprint density at radius 2 is 1.53 bits per heavy atom. The van der Waals surface area contributed by atoms with E-state index < -0.39 is 12.2 Å². The normalized spacial score (nSPS) is 16.1. The number of nitrogens with zero attached hydrogens (tertiary/aromatic N) is 2. The van der Waals surface area contributed by atoms with Crippen LogP contribution in [0.15, 0.2) is 11.9 Å². The third kappa shape index (κ3) is 5.64. The van der Waals surface area contributed by atoms with Gasteiger partial charge in [-0.05, 0) is 26.8 Å². The zero-order valence-electron chi connectivity index (χ0n) is 10.4. The zero-order chi connectivity index (χ0) is 12.0. The standard InChI is InChI=1S/C11H24N2O2/c1-6-11(12(4)5)13(7-9(2)14)8-10(3)15/h6,9-10,14-15H,7-8H2,1-5H3. The molecule has 4 heteroatoms. The Morgan fingerprint density at radius 1 is 1.13 bits per heavy atom. The highest BCUT2D eigenvalue weighted by Gasteiger charge is 2.14. The van der Waals surface area contributed by atoms with E-state index in [4.69, 9.17) is 0 Å². The number of allylic oxidation sites excluding steroid dienone is 1. The summed E-state index contributed by atoms with van der Waals surface area (Å²) in [5.41, 5.74) is 0. The number of aliphatic hydroxyl groups excluding tert-OH is 2. The van der Waals surface area contributed by atoms with E-state index in [-0.39, 0.29) is 0 Å². The second-order valence-corrected chi connectivity index (χ2v) is 4.14. The fourth-order valence-corrected chi connectivity index (χ4v) is 1.62. The molecule has 4 nitrogen and oxygen atoms in total. The summed E-state index contributed by atoms with van der Waals surface area (Å²) in [4.78, 5) is 3.96. The van der Waals surface area contributed by atoms with Gasteiger partial charge in [0, 0.05) is 27.2 Å². The maximum Gasteiger partial charge on any atom is 0.0991 e. The molecule has 0 rings (SSSR count). The monoisotopic (exact) mass is 216 g/mol. The van der Waals surface area contributed by atoms with Crippen molar-refractivity contribution in [3.05, 3.63) is 11.9 Å². The average molecular weight is 216 g/mol. The van der Waals surface area contributed by atoms with E-state index in [1.54, 1.807) is 13.8 Å². The topological polar surface area (TPSA) is 46.9 Å². The second-order valence-electron chi connectivity index (χ2n) is 4.14. The van der Waals surface area contributed by atoms with Crippen LogP contribution in [0.25, 0.3) is 0 Å². The molecule has 0 aliphatic carbocycles. The lowest BCUT2D eigenvalue weighted by atomic mass is 10.3. The van der Waals surface area contributed by atoms with E-state index in [9.17, 15) is 10.2 Å². The first-order valence-electron chi connectivity index (χ1n) is 5.33. The fraction of sp³-hybridized carbons (Fsp3) is 0.818. The molecule has 0 aromatic carbocycles. The van der Waals surface area contributed by atoms with Gasteiger partial charge in [0.1, 0.15) is 0 Å². The summed E-state index contributed by atoms with van der Waals surface area (Å²) in [6.45, 7) is 6.51. The molecule has 0 aliphatic heterocycles. The predicted octanol–water partition coefficient (Wildman–Crippen LogP) is 0.473. The molecule has 2 atom stereocenters. The molecule has 0 saturated heterocycles. The first kappa shape index (κ1) is 14.3. The van der Waals surface area contributed by atoms with Crippen molar-refractivity contribution in [1.82, 2.24) is 9.80 Å². The number of hydrogen-bond donors (Lipinski definition) is 2. The summed E-state index contributed by atoms with van der Waals surface area (Å²) in [6.07, 6.45) is 1.17. The van der Waals surface area contributed by atoms with Gasteiger partial charge in [0.05, 0.1) is 18.0 Å². The Bertz CT molecular complexity index is 191. The van der Waals surface area contributed by atoms with Crippen LogP contribution in [0.4, 0.5) is 0 Å². The number of aliphatic hydroxyl groups is 2. The Hall–Kier alpha value is -0.740. The van der Waals surface area contributed by atoms with Gasteiger partial charge in [0.15, 0.2) is 0 Å². The van der Waals surface area contributed by atoms with Crippen molar-refractivity contribution < 1.29 is 10.2 Å². The van der Waals surface area contributed by atoms with Crippen molar-refractivity contribution in [2.75, 3.05) is 27.2 Å². The maximum atomic E-state index is 9.39. The molecule has 2 N–H and O–H groups in total. The van der Waals surface area contributed by atoms with Gasteiger partial charge in [-0.2, -0.15) is 0 Å². The Morgan fingerprint density at radius 3 is 1.73 bits per heavy atom. The molecule has 0 fully saturated rings. The minimum absolute atomic E-state index is 0.404. The van der Waals surface area contributed by atoms with E-state index in [0.29, 0.717) is 13.1 Å². The molecule has 0 radical (unpaired) electrons. The summed E-state index contributed by atoms with van der Waals surface area (Å²) < 4.78 is 0. The Balaban J connectivity index is 4.59. The van der Waals surface area contributed by atoms with Crippen LogP contribution in [0.1, 0.15) is 20.8 Å². The van der Waals surface area contributed by atoms with Gasteiger partial charge in [-0.3, -0.25) is 0 Å². The van der Waals surface area contributed by atoms with Crippen LogP contribution in [0.3, 0.4) is 0 Å². The molecule has 0 spiro atoms. The summed E-state index contributed by atoms with van der Waals surface area (Å²) in [5, 5.41) is 18.8. The van der Waals surface area contributed by atoms with Gasteiger partial charge in [0.25, 0.3) is 0 Å². The molecule has 0 aliphatic rings. The van der Waals surface area contributed by atoms with Crippen molar-refractivity contribution in [2.45, 2.75) is 33.0 Å². The van der Waals surface area contributed by atoms with E-state index in [0.717, 1.165) is 5.82 Å². The van der Waals surface area contributed by atoms with Crippen molar-refractivity contribution in [3.63, 3.8) is 0 Å². The quantitative estimate of drug-likeness (QED) is 0.678. The van der Waals surface area contributed by atoms with E-state index in [1.807, 2.05) is 36.9 Å². The molecular weight excluding hydrogens is 192 g/mol. The molecule has 2 unspecified atom stereocenters. The fourth-order valence-electron chi connectivity index (χ4n) is 1.62. The molecule has 0 amide bonds. The summed E-state index contributed by atoms with van der Waals surface area (Å²) in [5.74, 6) is 1.01. The lowest BCUT2D eigenvalue weighted by Gasteiger charge is -2.33. The highest BCUT2D eigenvalue weighted by molar-refractivity contribution is 4.98.